The van der Waals surface area contributed by atoms with Crippen LogP contribution in [0.2, 0.25) is 0 Å². The Hall–Kier alpha value is -0.250. The van der Waals surface area contributed by atoms with Gasteiger partial charge in [0.1, 0.15) is 9.84 Å². The van der Waals surface area contributed by atoms with Crippen molar-refractivity contribution in [3.8, 4) is 0 Å². The fraction of sp³-hybridized carbons (Fsp3) is 0.889. The Morgan fingerprint density at radius 2 is 2.21 bits per heavy atom. The van der Waals surface area contributed by atoms with Gasteiger partial charge in [0.25, 0.3) is 0 Å². The number of thiocarbonyl (C=S) groups is 1. The highest BCUT2D eigenvalue weighted by atomic mass is 32.2. The topological polar surface area (TPSA) is 46.5 Å². The highest BCUT2D eigenvalue weighted by molar-refractivity contribution is 7.91. The van der Waals surface area contributed by atoms with Gasteiger partial charge in [0.15, 0.2) is 0 Å². The first kappa shape index (κ1) is 11.8. The molecule has 1 aliphatic rings. The molecule has 0 aliphatic heterocycles. The van der Waals surface area contributed by atoms with Crippen LogP contribution in [0, 0.1) is 5.92 Å². The van der Waals surface area contributed by atoms with E-state index in [1.54, 1.807) is 0 Å². The Kier molecular flexibility index (Phi) is 4.23. The van der Waals surface area contributed by atoms with Crippen molar-refractivity contribution in [1.82, 2.24) is 0 Å². The van der Waals surface area contributed by atoms with Gasteiger partial charge in [-0.15, -0.1) is 0 Å². The summed E-state index contributed by atoms with van der Waals surface area (Å²) in [5.74, 6) is 0.374. The largest absolute Gasteiger partial charge is 0.232 e. The van der Waals surface area contributed by atoms with Crippen molar-refractivity contribution in [3.63, 3.8) is 0 Å². The lowest BCUT2D eigenvalue weighted by molar-refractivity contribution is 0.366. The van der Waals surface area contributed by atoms with E-state index in [9.17, 15) is 8.42 Å². The average molecular weight is 233 g/mol. The average Bonchev–Trinajstić information content (AvgIpc) is 2.14. The van der Waals surface area contributed by atoms with Gasteiger partial charge >= 0.3 is 0 Å². The van der Waals surface area contributed by atoms with E-state index in [2.05, 4.69) is 22.4 Å². The van der Waals surface area contributed by atoms with Gasteiger partial charge in [0.2, 0.25) is 0 Å². The third-order valence-electron chi connectivity index (χ3n) is 2.75. The monoisotopic (exact) mass is 233 g/mol. The molecule has 0 aromatic heterocycles. The fourth-order valence-corrected chi connectivity index (χ4v) is 3.25. The van der Waals surface area contributed by atoms with Crippen molar-refractivity contribution >= 4 is 27.2 Å². The lowest BCUT2D eigenvalue weighted by atomic mass is 9.89. The molecule has 3 nitrogen and oxygen atoms in total. The molecule has 0 aromatic carbocycles. The van der Waals surface area contributed by atoms with Crippen LogP contribution in [0.3, 0.4) is 0 Å². The van der Waals surface area contributed by atoms with Crippen LogP contribution in [0.15, 0.2) is 4.99 Å². The van der Waals surface area contributed by atoms with Gasteiger partial charge in [0, 0.05) is 6.26 Å². The van der Waals surface area contributed by atoms with E-state index in [1.807, 2.05) is 0 Å². The molecule has 14 heavy (non-hydrogen) atoms. The minimum atomic E-state index is -2.87. The summed E-state index contributed by atoms with van der Waals surface area (Å²) in [6.07, 6.45) is 4.90. The number of isothiocyanates is 1. The summed E-state index contributed by atoms with van der Waals surface area (Å²) in [5.41, 5.74) is 0. The van der Waals surface area contributed by atoms with E-state index < -0.39 is 9.84 Å². The molecule has 5 heteroatoms. The molecule has 80 valence electrons. The molecule has 1 fully saturated rings. The maximum absolute atomic E-state index is 11.3. The van der Waals surface area contributed by atoms with Gasteiger partial charge in [-0.1, -0.05) is 6.42 Å². The summed E-state index contributed by atoms with van der Waals surface area (Å²) >= 11 is 4.49. The number of sulfone groups is 1. The lowest BCUT2D eigenvalue weighted by Crippen LogP contribution is -2.28. The summed E-state index contributed by atoms with van der Waals surface area (Å²) in [6.45, 7) is 0.634. The van der Waals surface area contributed by atoms with Crippen molar-refractivity contribution in [2.75, 3.05) is 12.8 Å². The maximum Gasteiger partial charge on any atom is 0.150 e. The second-order valence-corrected chi connectivity index (χ2v) is 6.42. The molecule has 0 heterocycles. The van der Waals surface area contributed by atoms with E-state index in [1.165, 1.54) is 6.26 Å². The Bertz CT molecular complexity index is 331. The molecular weight excluding hydrogens is 218 g/mol. The third-order valence-corrected chi connectivity index (χ3v) is 4.52. The number of aliphatic imine (C=N–C) groups is 1. The normalized spacial score (nSPS) is 28.1. The molecular formula is C9H15NO2S2. The fourth-order valence-electron chi connectivity index (χ4n) is 1.96. The molecule has 0 bridgehead atoms. The van der Waals surface area contributed by atoms with Crippen LogP contribution in [-0.2, 0) is 9.84 Å². The molecule has 0 aromatic rings. The number of hydrogen-bond donors (Lipinski definition) is 0. The Morgan fingerprint density at radius 3 is 2.79 bits per heavy atom. The molecule has 2 atom stereocenters. The zero-order valence-electron chi connectivity index (χ0n) is 8.27. The molecule has 0 amide bonds. The molecule has 0 N–H and O–H groups in total. The summed E-state index contributed by atoms with van der Waals surface area (Å²) in [5, 5.41) is 2.16. The van der Waals surface area contributed by atoms with Crippen LogP contribution < -0.4 is 0 Å². The predicted molar refractivity (Wildman–Crippen MR) is 60.5 cm³/mol. The van der Waals surface area contributed by atoms with Crippen LogP contribution in [0.4, 0.5) is 0 Å². The molecule has 0 saturated heterocycles. The minimum absolute atomic E-state index is 0.165. The molecule has 0 spiro atoms. The Morgan fingerprint density at radius 1 is 1.50 bits per heavy atom. The van der Waals surface area contributed by atoms with Crippen molar-refractivity contribution in [2.24, 2.45) is 10.9 Å². The number of rotatable bonds is 3. The van der Waals surface area contributed by atoms with Crippen LogP contribution in [0.1, 0.15) is 25.7 Å². The maximum atomic E-state index is 11.3. The standard InChI is InChI=1S/C9H15NO2S2/c1-14(11,12)9-4-2-3-8(5-9)6-10-7-13/h8-9H,2-6H2,1H3/t8-,9?/m1/s1. The molecule has 1 rings (SSSR count). The van der Waals surface area contributed by atoms with Gasteiger partial charge in [-0.25, -0.2) is 13.4 Å². The van der Waals surface area contributed by atoms with Crippen molar-refractivity contribution in [2.45, 2.75) is 30.9 Å². The summed E-state index contributed by atoms with van der Waals surface area (Å²) in [7, 11) is -2.87. The third kappa shape index (κ3) is 3.48. The van der Waals surface area contributed by atoms with Crippen molar-refractivity contribution < 1.29 is 8.42 Å². The van der Waals surface area contributed by atoms with Gasteiger partial charge in [0.05, 0.1) is 17.0 Å². The van der Waals surface area contributed by atoms with Gasteiger partial charge in [-0.05, 0) is 37.4 Å². The second-order valence-electron chi connectivity index (χ2n) is 3.92. The summed E-state index contributed by atoms with van der Waals surface area (Å²) < 4.78 is 22.7. The Balaban J connectivity index is 2.56. The van der Waals surface area contributed by atoms with Gasteiger partial charge in [-0.3, -0.25) is 0 Å². The quantitative estimate of drug-likeness (QED) is 0.550. The highest BCUT2D eigenvalue weighted by Crippen LogP contribution is 2.28. The van der Waals surface area contributed by atoms with E-state index in [-0.39, 0.29) is 5.25 Å². The van der Waals surface area contributed by atoms with Crippen LogP contribution in [0.25, 0.3) is 0 Å². The van der Waals surface area contributed by atoms with Gasteiger partial charge < -0.3 is 0 Å². The zero-order chi connectivity index (χ0) is 10.6. The van der Waals surface area contributed by atoms with E-state index in [4.69, 9.17) is 0 Å². The predicted octanol–water partition coefficient (Wildman–Crippen LogP) is 1.69. The smallest absolute Gasteiger partial charge is 0.150 e. The first-order chi connectivity index (χ1) is 6.54. The Labute approximate surface area is 90.5 Å². The second kappa shape index (κ2) is 5.01. The molecule has 0 radical (unpaired) electrons. The van der Waals surface area contributed by atoms with Crippen LogP contribution in [0.5, 0.6) is 0 Å². The zero-order valence-corrected chi connectivity index (χ0v) is 9.90. The molecule has 1 unspecified atom stereocenters. The molecule has 1 saturated carbocycles. The molecule has 1 aliphatic carbocycles. The number of nitrogens with zero attached hydrogens (tertiary/aromatic N) is 1. The van der Waals surface area contributed by atoms with Crippen LogP contribution >= 0.6 is 12.2 Å². The van der Waals surface area contributed by atoms with Crippen LogP contribution in [-0.4, -0.2) is 31.6 Å². The summed E-state index contributed by atoms with van der Waals surface area (Å²) in [6, 6.07) is 0. The van der Waals surface area contributed by atoms with E-state index in [0.717, 1.165) is 25.7 Å². The van der Waals surface area contributed by atoms with Gasteiger partial charge in [-0.2, -0.15) is 0 Å². The van der Waals surface area contributed by atoms with Crippen molar-refractivity contribution in [1.29, 1.82) is 0 Å². The van der Waals surface area contributed by atoms with E-state index >= 15 is 0 Å². The first-order valence-electron chi connectivity index (χ1n) is 4.76. The number of hydrogen-bond acceptors (Lipinski definition) is 4. The highest BCUT2D eigenvalue weighted by Gasteiger charge is 2.28. The van der Waals surface area contributed by atoms with Crippen molar-refractivity contribution in [3.05, 3.63) is 0 Å². The summed E-state index contributed by atoms with van der Waals surface area (Å²) in [4.78, 5) is 3.88. The van der Waals surface area contributed by atoms with E-state index in [0.29, 0.717) is 12.5 Å². The lowest BCUT2D eigenvalue weighted by Gasteiger charge is -2.26. The minimum Gasteiger partial charge on any atom is -0.232 e. The first-order valence-corrected chi connectivity index (χ1v) is 7.13. The SMILES string of the molecule is CS(=O)(=O)C1CCC[C@@H](CN=C=S)C1.